The first-order valence-corrected chi connectivity index (χ1v) is 7.10. The van der Waals surface area contributed by atoms with Gasteiger partial charge in [0, 0.05) is 5.92 Å². The van der Waals surface area contributed by atoms with Gasteiger partial charge in [-0.3, -0.25) is 0 Å². The third-order valence-corrected chi connectivity index (χ3v) is 4.30. The summed E-state index contributed by atoms with van der Waals surface area (Å²) in [5.74, 6) is 0.702. The van der Waals surface area contributed by atoms with Crippen molar-refractivity contribution in [2.75, 3.05) is 0 Å². The van der Waals surface area contributed by atoms with E-state index in [0.29, 0.717) is 18.1 Å². The van der Waals surface area contributed by atoms with Crippen molar-refractivity contribution in [2.45, 2.75) is 64.0 Å². The summed E-state index contributed by atoms with van der Waals surface area (Å²) in [4.78, 5) is 0. The molecule has 2 heteroatoms. The van der Waals surface area contributed by atoms with Gasteiger partial charge < -0.3 is 5.11 Å². The van der Waals surface area contributed by atoms with Gasteiger partial charge in [-0.15, -0.1) is 0 Å². The Morgan fingerprint density at radius 2 is 2.06 bits per heavy atom. The highest BCUT2D eigenvalue weighted by Crippen LogP contribution is 2.38. The number of hydrogen-bond donors (Lipinski definition) is 1. The topological polar surface area (TPSA) is 20.2 Å². The Labute approximate surface area is 109 Å². The summed E-state index contributed by atoms with van der Waals surface area (Å²) in [5, 5.41) is 9.91. The van der Waals surface area contributed by atoms with Gasteiger partial charge in [0.05, 0.1) is 0 Å². The molecule has 1 aromatic carbocycles. The van der Waals surface area contributed by atoms with E-state index >= 15 is 0 Å². The molecule has 1 aliphatic carbocycles. The minimum atomic E-state index is -0.715. The maximum absolute atomic E-state index is 14.0. The maximum atomic E-state index is 14.0. The lowest BCUT2D eigenvalue weighted by molar-refractivity contribution is 0.216. The fourth-order valence-electron chi connectivity index (χ4n) is 2.88. The van der Waals surface area contributed by atoms with Crippen molar-refractivity contribution in [3.05, 3.63) is 29.3 Å². The van der Waals surface area contributed by atoms with E-state index in [4.69, 9.17) is 0 Å². The first-order valence-electron chi connectivity index (χ1n) is 7.10. The van der Waals surface area contributed by atoms with Crippen molar-refractivity contribution in [3.63, 3.8) is 0 Å². The molecule has 0 heterocycles. The number of hydrogen-bond acceptors (Lipinski definition) is 1. The number of phenolic OH excluding ortho intramolecular Hbond substituents is 1. The summed E-state index contributed by atoms with van der Waals surface area (Å²) < 4.78 is 14.0. The summed E-state index contributed by atoms with van der Waals surface area (Å²) in [6, 6.07) is 5.65. The van der Waals surface area contributed by atoms with Crippen LogP contribution >= 0.6 is 0 Å². The van der Waals surface area contributed by atoms with Crippen LogP contribution in [0, 0.1) is 0 Å². The van der Waals surface area contributed by atoms with Gasteiger partial charge in [0.1, 0.15) is 11.9 Å². The lowest BCUT2D eigenvalue weighted by Gasteiger charge is -2.27. The van der Waals surface area contributed by atoms with Crippen LogP contribution < -0.4 is 0 Å². The van der Waals surface area contributed by atoms with Crippen molar-refractivity contribution >= 4 is 0 Å². The first-order chi connectivity index (χ1) is 8.63. The van der Waals surface area contributed by atoms with E-state index < -0.39 is 6.17 Å². The van der Waals surface area contributed by atoms with Gasteiger partial charge in [0.25, 0.3) is 0 Å². The van der Waals surface area contributed by atoms with E-state index in [1.54, 1.807) is 6.07 Å². The van der Waals surface area contributed by atoms with Crippen molar-refractivity contribution < 1.29 is 9.50 Å². The molecular formula is C16H23FO. The van der Waals surface area contributed by atoms with E-state index in [1.807, 2.05) is 12.1 Å². The Hall–Kier alpha value is -1.05. The second-order valence-corrected chi connectivity index (χ2v) is 5.53. The number of rotatable bonds is 3. The van der Waals surface area contributed by atoms with Crippen molar-refractivity contribution in [3.8, 4) is 5.75 Å². The van der Waals surface area contributed by atoms with E-state index in [9.17, 15) is 9.50 Å². The normalized spacial score (nSPS) is 25.9. The summed E-state index contributed by atoms with van der Waals surface area (Å²) >= 11 is 0. The Bertz CT molecular complexity index is 402. The Balaban J connectivity index is 2.28. The van der Waals surface area contributed by atoms with Crippen LogP contribution in [0.3, 0.4) is 0 Å². The quantitative estimate of drug-likeness (QED) is 0.808. The molecule has 1 aromatic rings. The lowest BCUT2D eigenvalue weighted by atomic mass is 9.81. The van der Waals surface area contributed by atoms with Gasteiger partial charge in [0.2, 0.25) is 0 Å². The highest BCUT2D eigenvalue weighted by molar-refractivity contribution is 5.40. The molecule has 2 rings (SSSR count). The second-order valence-electron chi connectivity index (χ2n) is 5.53. The van der Waals surface area contributed by atoms with Gasteiger partial charge in [-0.1, -0.05) is 38.8 Å². The zero-order chi connectivity index (χ0) is 13.1. The molecule has 0 aliphatic heterocycles. The SMILES string of the molecule is CCC(C)c1cc(C2CCCCC2F)ccc1O. The molecule has 0 radical (unpaired) electrons. The van der Waals surface area contributed by atoms with Gasteiger partial charge in [-0.2, -0.15) is 0 Å². The molecule has 1 saturated carbocycles. The van der Waals surface area contributed by atoms with E-state index in [1.165, 1.54) is 0 Å². The van der Waals surface area contributed by atoms with Gasteiger partial charge in [0.15, 0.2) is 0 Å². The molecule has 0 amide bonds. The highest BCUT2D eigenvalue weighted by Gasteiger charge is 2.26. The number of phenols is 1. The predicted octanol–water partition coefficient (Wildman–Crippen LogP) is 4.90. The van der Waals surface area contributed by atoms with Crippen molar-refractivity contribution in [1.82, 2.24) is 0 Å². The molecule has 3 atom stereocenters. The van der Waals surface area contributed by atoms with Gasteiger partial charge >= 0.3 is 0 Å². The van der Waals surface area contributed by atoms with Crippen molar-refractivity contribution in [2.24, 2.45) is 0 Å². The molecule has 0 spiro atoms. The molecule has 0 bridgehead atoms. The first kappa shape index (κ1) is 13.4. The van der Waals surface area contributed by atoms with Crippen LogP contribution in [0.5, 0.6) is 5.75 Å². The zero-order valence-corrected chi connectivity index (χ0v) is 11.3. The third-order valence-electron chi connectivity index (χ3n) is 4.30. The molecule has 1 aliphatic rings. The fraction of sp³-hybridized carbons (Fsp3) is 0.625. The summed E-state index contributed by atoms with van der Waals surface area (Å²) in [6.07, 6.45) is 4.02. The number of benzene rings is 1. The van der Waals surface area contributed by atoms with Crippen LogP contribution in [0.4, 0.5) is 4.39 Å². The van der Waals surface area contributed by atoms with Gasteiger partial charge in [-0.05, 0) is 42.4 Å². The van der Waals surface area contributed by atoms with Crippen LogP contribution in [0.15, 0.2) is 18.2 Å². The van der Waals surface area contributed by atoms with E-state index in [-0.39, 0.29) is 5.92 Å². The smallest absolute Gasteiger partial charge is 0.119 e. The zero-order valence-electron chi connectivity index (χ0n) is 11.3. The van der Waals surface area contributed by atoms with Crippen LogP contribution in [-0.2, 0) is 0 Å². The molecule has 1 fully saturated rings. The number of aromatic hydroxyl groups is 1. The number of halogens is 1. The minimum Gasteiger partial charge on any atom is -0.508 e. The Morgan fingerprint density at radius 3 is 2.72 bits per heavy atom. The minimum absolute atomic E-state index is 0.0298. The standard InChI is InChI=1S/C16H23FO/c1-3-11(2)14-10-12(8-9-16(14)18)13-6-4-5-7-15(13)17/h8-11,13,15,18H,3-7H2,1-2H3. The van der Waals surface area contributed by atoms with E-state index in [0.717, 1.165) is 36.8 Å². The Morgan fingerprint density at radius 1 is 1.33 bits per heavy atom. The van der Waals surface area contributed by atoms with E-state index in [2.05, 4.69) is 13.8 Å². The monoisotopic (exact) mass is 250 g/mol. The second kappa shape index (κ2) is 5.73. The third kappa shape index (κ3) is 2.68. The molecule has 1 nitrogen and oxygen atoms in total. The predicted molar refractivity (Wildman–Crippen MR) is 72.9 cm³/mol. The highest BCUT2D eigenvalue weighted by atomic mass is 19.1. The van der Waals surface area contributed by atoms with Crippen LogP contribution in [-0.4, -0.2) is 11.3 Å². The molecule has 0 aromatic heterocycles. The fourth-order valence-corrected chi connectivity index (χ4v) is 2.88. The lowest BCUT2D eigenvalue weighted by Crippen LogP contribution is -2.18. The Kier molecular flexibility index (Phi) is 4.26. The molecule has 0 saturated heterocycles. The maximum Gasteiger partial charge on any atom is 0.119 e. The van der Waals surface area contributed by atoms with Gasteiger partial charge in [-0.25, -0.2) is 4.39 Å². The average Bonchev–Trinajstić information content (AvgIpc) is 2.39. The van der Waals surface area contributed by atoms with Crippen molar-refractivity contribution in [1.29, 1.82) is 0 Å². The molecule has 1 N–H and O–H groups in total. The van der Waals surface area contributed by atoms with Crippen LogP contribution in [0.2, 0.25) is 0 Å². The summed E-state index contributed by atoms with van der Waals surface area (Å²) in [6.45, 7) is 4.21. The molecule has 18 heavy (non-hydrogen) atoms. The average molecular weight is 250 g/mol. The number of alkyl halides is 1. The molecule has 100 valence electrons. The van der Waals surface area contributed by atoms with Crippen LogP contribution in [0.25, 0.3) is 0 Å². The molecule has 3 unspecified atom stereocenters. The van der Waals surface area contributed by atoms with Crippen LogP contribution in [0.1, 0.15) is 68.9 Å². The largest absolute Gasteiger partial charge is 0.508 e. The molecular weight excluding hydrogens is 227 g/mol. The summed E-state index contributed by atoms with van der Waals surface area (Å²) in [5.41, 5.74) is 2.03. The summed E-state index contributed by atoms with van der Waals surface area (Å²) in [7, 11) is 0.